The Morgan fingerprint density at radius 1 is 1.26 bits per heavy atom. The minimum Gasteiger partial charge on any atom is -0.497 e. The van der Waals surface area contributed by atoms with Crippen molar-refractivity contribution in [1.29, 1.82) is 0 Å². The third kappa shape index (κ3) is 6.98. The van der Waals surface area contributed by atoms with E-state index in [1.807, 2.05) is 43.1 Å². The van der Waals surface area contributed by atoms with Crippen LogP contribution in [0.2, 0.25) is 0 Å². The van der Waals surface area contributed by atoms with Gasteiger partial charge in [-0.15, -0.1) is 35.3 Å². The second-order valence-corrected chi connectivity index (χ2v) is 6.56. The van der Waals surface area contributed by atoms with E-state index in [0.717, 1.165) is 29.5 Å². The largest absolute Gasteiger partial charge is 0.497 e. The number of nitrogens with zero attached hydrogens (tertiary/aromatic N) is 3. The summed E-state index contributed by atoms with van der Waals surface area (Å²) in [4.78, 5) is 23.1. The van der Waals surface area contributed by atoms with Crippen LogP contribution in [0.5, 0.6) is 5.75 Å². The quantitative estimate of drug-likeness (QED) is 0.263. The topological polar surface area (TPSA) is 78.8 Å². The maximum absolute atomic E-state index is 12.0. The van der Waals surface area contributed by atoms with Crippen LogP contribution < -0.4 is 15.4 Å². The first-order chi connectivity index (χ1) is 12.5. The van der Waals surface area contributed by atoms with E-state index in [1.165, 1.54) is 11.3 Å². The Morgan fingerprint density at radius 2 is 1.93 bits per heavy atom. The molecule has 2 rings (SSSR count). The van der Waals surface area contributed by atoms with Crippen LogP contribution in [0.1, 0.15) is 20.9 Å². The Morgan fingerprint density at radius 3 is 2.48 bits per heavy atom. The number of aliphatic imine (C=N–C) groups is 1. The van der Waals surface area contributed by atoms with Crippen molar-refractivity contribution < 1.29 is 9.53 Å². The molecule has 2 aromatic rings. The number of guanidine groups is 1. The number of nitrogens with one attached hydrogen (secondary N) is 2. The third-order valence-electron chi connectivity index (χ3n) is 3.80. The predicted molar refractivity (Wildman–Crippen MR) is 120 cm³/mol. The molecule has 1 aromatic heterocycles. The van der Waals surface area contributed by atoms with Gasteiger partial charge in [0.15, 0.2) is 5.96 Å². The number of benzene rings is 1. The maximum Gasteiger partial charge on any atom is 0.263 e. The molecule has 0 saturated carbocycles. The van der Waals surface area contributed by atoms with Crippen LogP contribution in [-0.2, 0) is 6.54 Å². The van der Waals surface area contributed by atoms with E-state index >= 15 is 0 Å². The predicted octanol–water partition coefficient (Wildman–Crippen LogP) is 2.52. The van der Waals surface area contributed by atoms with Gasteiger partial charge < -0.3 is 20.3 Å². The lowest BCUT2D eigenvalue weighted by atomic mass is 10.2. The number of hydrogen-bond donors (Lipinski definition) is 2. The van der Waals surface area contributed by atoms with Gasteiger partial charge in [0.1, 0.15) is 10.6 Å². The van der Waals surface area contributed by atoms with E-state index in [2.05, 4.69) is 20.6 Å². The van der Waals surface area contributed by atoms with Gasteiger partial charge >= 0.3 is 0 Å². The molecule has 27 heavy (non-hydrogen) atoms. The van der Waals surface area contributed by atoms with Gasteiger partial charge in [-0.1, -0.05) is 12.1 Å². The number of amides is 1. The van der Waals surface area contributed by atoms with Gasteiger partial charge in [-0.05, 0) is 24.6 Å². The molecule has 0 spiro atoms. The maximum atomic E-state index is 12.0. The zero-order valence-electron chi connectivity index (χ0n) is 16.0. The molecule has 1 heterocycles. The Labute approximate surface area is 181 Å². The number of aryl methyl sites for hydroxylation is 1. The van der Waals surface area contributed by atoms with E-state index < -0.39 is 0 Å². The highest BCUT2D eigenvalue weighted by Crippen LogP contribution is 2.13. The van der Waals surface area contributed by atoms with Gasteiger partial charge in [-0.3, -0.25) is 9.79 Å². The lowest BCUT2D eigenvalue weighted by Gasteiger charge is -2.22. The summed E-state index contributed by atoms with van der Waals surface area (Å²) in [6.45, 7) is 3.64. The molecule has 0 unspecified atom stereocenters. The fourth-order valence-electron chi connectivity index (χ4n) is 2.41. The molecular weight excluding hydrogens is 477 g/mol. The molecule has 0 fully saturated rings. The number of halogens is 1. The number of hydrogen-bond acceptors (Lipinski definition) is 5. The summed E-state index contributed by atoms with van der Waals surface area (Å²) in [5.74, 6) is 1.52. The molecule has 2 N–H and O–H groups in total. The molecule has 0 aliphatic carbocycles. The first-order valence-corrected chi connectivity index (χ1v) is 9.16. The molecule has 0 radical (unpaired) electrons. The number of methoxy groups -OCH3 is 1. The Hall–Kier alpha value is -1.88. The number of aromatic nitrogens is 1. The second kappa shape index (κ2) is 11.8. The molecule has 0 aliphatic rings. The first kappa shape index (κ1) is 23.2. The van der Waals surface area contributed by atoms with Crippen LogP contribution in [0.3, 0.4) is 0 Å². The third-order valence-corrected chi connectivity index (χ3v) is 4.72. The van der Waals surface area contributed by atoms with Crippen molar-refractivity contribution in [3.63, 3.8) is 0 Å². The minimum atomic E-state index is -0.0895. The smallest absolute Gasteiger partial charge is 0.263 e. The Kier molecular flexibility index (Phi) is 10.1. The summed E-state index contributed by atoms with van der Waals surface area (Å²) < 4.78 is 5.17. The normalized spacial score (nSPS) is 10.7. The van der Waals surface area contributed by atoms with E-state index in [0.29, 0.717) is 18.0 Å². The molecule has 9 heteroatoms. The molecule has 148 valence electrons. The van der Waals surface area contributed by atoms with Crippen molar-refractivity contribution in [2.45, 2.75) is 13.5 Å². The number of thiazole rings is 1. The summed E-state index contributed by atoms with van der Waals surface area (Å²) in [6.07, 6.45) is 0. The Bertz CT molecular complexity index is 748. The number of rotatable bonds is 7. The summed E-state index contributed by atoms with van der Waals surface area (Å²) >= 11 is 1.35. The summed E-state index contributed by atoms with van der Waals surface area (Å²) in [7, 11) is 5.37. The fourth-order valence-corrected chi connectivity index (χ4v) is 3.13. The molecule has 1 amide bonds. The van der Waals surface area contributed by atoms with E-state index in [1.54, 1.807) is 19.7 Å². The van der Waals surface area contributed by atoms with Gasteiger partial charge in [0.2, 0.25) is 0 Å². The number of carbonyl (C=O) groups excluding carboxylic acids is 1. The van der Waals surface area contributed by atoms with Crippen molar-refractivity contribution in [2.24, 2.45) is 4.99 Å². The van der Waals surface area contributed by atoms with Crippen molar-refractivity contribution in [1.82, 2.24) is 20.5 Å². The summed E-state index contributed by atoms with van der Waals surface area (Å²) in [5, 5.41) is 6.14. The van der Waals surface area contributed by atoms with Crippen LogP contribution in [0.25, 0.3) is 0 Å². The van der Waals surface area contributed by atoms with Gasteiger partial charge in [0.25, 0.3) is 5.91 Å². The van der Waals surface area contributed by atoms with Gasteiger partial charge in [-0.25, -0.2) is 4.98 Å². The first-order valence-electron chi connectivity index (χ1n) is 8.28. The zero-order chi connectivity index (χ0) is 18.9. The minimum absolute atomic E-state index is 0. The van der Waals surface area contributed by atoms with Gasteiger partial charge in [-0.2, -0.15) is 0 Å². The van der Waals surface area contributed by atoms with Crippen molar-refractivity contribution in [2.75, 3.05) is 34.3 Å². The van der Waals surface area contributed by atoms with Crippen LogP contribution in [-0.4, -0.2) is 56.0 Å². The highest BCUT2D eigenvalue weighted by molar-refractivity contribution is 14.0. The summed E-state index contributed by atoms with van der Waals surface area (Å²) in [5.41, 5.74) is 3.60. The van der Waals surface area contributed by atoms with Crippen molar-refractivity contribution in [3.05, 3.63) is 45.9 Å². The Balaban J connectivity index is 0.00000364. The monoisotopic (exact) mass is 503 g/mol. The highest BCUT2D eigenvalue weighted by atomic mass is 127. The lowest BCUT2D eigenvalue weighted by molar-refractivity contribution is 0.0957. The van der Waals surface area contributed by atoms with E-state index in [4.69, 9.17) is 4.74 Å². The van der Waals surface area contributed by atoms with Crippen LogP contribution in [0.4, 0.5) is 0 Å². The van der Waals surface area contributed by atoms with Gasteiger partial charge in [0.05, 0.1) is 18.3 Å². The highest BCUT2D eigenvalue weighted by Gasteiger charge is 2.11. The number of carbonyl (C=O) groups is 1. The number of ether oxygens (including phenoxy) is 1. The second-order valence-electron chi connectivity index (χ2n) is 5.70. The van der Waals surface area contributed by atoms with Gasteiger partial charge in [0, 0.05) is 33.7 Å². The molecule has 0 atom stereocenters. The molecule has 7 nitrogen and oxygen atoms in total. The molecular formula is C18H26IN5O2S. The zero-order valence-corrected chi connectivity index (χ0v) is 19.1. The standard InChI is InChI=1S/C18H25N5O2S.HI/c1-13-16(26-12-22-13)17(24)20-9-10-21-18(19-2)23(3)11-14-5-7-15(25-4)8-6-14;/h5-8,12H,9-11H2,1-4H3,(H,19,21)(H,20,24);1H. The summed E-state index contributed by atoms with van der Waals surface area (Å²) in [6, 6.07) is 7.94. The van der Waals surface area contributed by atoms with Crippen LogP contribution in [0.15, 0.2) is 34.8 Å². The fraction of sp³-hybridized carbons (Fsp3) is 0.389. The molecule has 0 bridgehead atoms. The molecule has 0 aliphatic heterocycles. The van der Waals surface area contributed by atoms with Crippen molar-refractivity contribution in [3.8, 4) is 5.75 Å². The van der Waals surface area contributed by atoms with E-state index in [9.17, 15) is 4.79 Å². The average Bonchev–Trinajstić information content (AvgIpc) is 3.08. The average molecular weight is 503 g/mol. The SMILES string of the molecule is CN=C(NCCNC(=O)c1scnc1C)N(C)Cc1ccc(OC)cc1.I. The van der Waals surface area contributed by atoms with Crippen LogP contribution in [0, 0.1) is 6.92 Å². The van der Waals surface area contributed by atoms with Crippen LogP contribution >= 0.6 is 35.3 Å². The molecule has 1 aromatic carbocycles. The van der Waals surface area contributed by atoms with E-state index in [-0.39, 0.29) is 29.9 Å². The van der Waals surface area contributed by atoms with Crippen molar-refractivity contribution >= 4 is 47.2 Å². The molecule has 0 saturated heterocycles. The lowest BCUT2D eigenvalue weighted by Crippen LogP contribution is -2.42.